The molecule has 4 aliphatic carbocycles. The molecule has 1 heterocycles. The molecule has 1 aromatic heterocycles. The molecule has 4 heteroatoms. The molecule has 4 fully saturated rings. The fourth-order valence-electron chi connectivity index (χ4n) is 5.16. The minimum absolute atomic E-state index is 0.349. The fraction of sp³-hybridized carbons (Fsp3) is 0.667. The number of hydrogen-bond donors (Lipinski definition) is 3. The third-order valence-corrected chi connectivity index (χ3v) is 5.36. The summed E-state index contributed by atoms with van der Waals surface area (Å²) in [6.07, 6.45) is 10.3. The fourth-order valence-corrected chi connectivity index (χ4v) is 5.16. The van der Waals surface area contributed by atoms with Crippen LogP contribution in [0.4, 0.5) is 11.5 Å². The van der Waals surface area contributed by atoms with Gasteiger partial charge in [-0.3, -0.25) is 0 Å². The number of pyridine rings is 1. The van der Waals surface area contributed by atoms with Crippen LogP contribution >= 0.6 is 0 Å². The molecule has 0 saturated heterocycles. The van der Waals surface area contributed by atoms with E-state index >= 15 is 0 Å². The van der Waals surface area contributed by atoms with Crippen LogP contribution in [0.15, 0.2) is 18.3 Å². The highest BCUT2D eigenvalue weighted by Gasteiger charge is 2.50. The maximum Gasteiger partial charge on any atom is 0.141 e. The molecule has 0 amide bonds. The van der Waals surface area contributed by atoms with Crippen LogP contribution in [0.1, 0.15) is 38.5 Å². The Morgan fingerprint density at radius 1 is 1.11 bits per heavy atom. The Kier molecular flexibility index (Phi) is 2.49. The summed E-state index contributed by atoms with van der Waals surface area (Å²) in [5.74, 6) is 9.07. The van der Waals surface area contributed by atoms with E-state index < -0.39 is 0 Å². The Bertz CT molecular complexity index is 450. The smallest absolute Gasteiger partial charge is 0.141 e. The predicted molar refractivity (Wildman–Crippen MR) is 76.6 cm³/mol. The van der Waals surface area contributed by atoms with Crippen molar-refractivity contribution in [3.63, 3.8) is 0 Å². The highest BCUT2D eigenvalue weighted by atomic mass is 15.2. The van der Waals surface area contributed by atoms with Crippen molar-refractivity contribution in [2.24, 2.45) is 23.6 Å². The number of nitrogen functional groups attached to an aromatic ring is 1. The van der Waals surface area contributed by atoms with Crippen molar-refractivity contribution in [3.8, 4) is 0 Å². The quantitative estimate of drug-likeness (QED) is 0.576. The number of rotatable bonds is 3. The molecule has 0 aromatic carbocycles. The van der Waals surface area contributed by atoms with Gasteiger partial charge in [-0.05, 0) is 62.3 Å². The summed E-state index contributed by atoms with van der Waals surface area (Å²) in [6.45, 7) is 0. The molecule has 4 nitrogen and oxygen atoms in total. The zero-order valence-electron chi connectivity index (χ0n) is 11.2. The third kappa shape index (κ3) is 1.98. The minimum atomic E-state index is 0.349. The monoisotopic (exact) mass is 258 g/mol. The number of nitrogens with one attached hydrogen (secondary N) is 2. The summed E-state index contributed by atoms with van der Waals surface area (Å²) in [7, 11) is 0. The third-order valence-electron chi connectivity index (χ3n) is 5.36. The highest BCUT2D eigenvalue weighted by Crippen LogP contribution is 2.56. The Labute approximate surface area is 114 Å². The number of hydrogen-bond acceptors (Lipinski definition) is 4. The first-order valence-corrected chi connectivity index (χ1v) is 7.45. The van der Waals surface area contributed by atoms with E-state index in [1.165, 1.54) is 38.5 Å². The Balaban J connectivity index is 1.58. The van der Waals surface area contributed by atoms with Crippen LogP contribution < -0.4 is 16.6 Å². The average molecular weight is 258 g/mol. The molecular formula is C15H22N4. The van der Waals surface area contributed by atoms with Gasteiger partial charge in [-0.15, -0.1) is 0 Å². The molecule has 4 aliphatic rings. The number of aromatic nitrogens is 1. The maximum atomic E-state index is 5.44. The first-order chi connectivity index (χ1) is 9.25. The highest BCUT2D eigenvalue weighted by molar-refractivity contribution is 5.53. The Morgan fingerprint density at radius 3 is 2.32 bits per heavy atom. The molecule has 102 valence electrons. The van der Waals surface area contributed by atoms with Gasteiger partial charge in [0.25, 0.3) is 0 Å². The van der Waals surface area contributed by atoms with Gasteiger partial charge in [-0.1, -0.05) is 0 Å². The normalized spacial score (nSPS) is 39.3. The van der Waals surface area contributed by atoms with Crippen molar-refractivity contribution >= 4 is 11.5 Å². The largest absolute Gasteiger partial charge is 0.379 e. The minimum Gasteiger partial charge on any atom is -0.379 e. The average Bonchev–Trinajstić information content (AvgIpc) is 2.36. The molecule has 19 heavy (non-hydrogen) atoms. The second-order valence-electron chi connectivity index (χ2n) is 6.90. The van der Waals surface area contributed by atoms with Crippen molar-refractivity contribution in [2.45, 2.75) is 44.1 Å². The van der Waals surface area contributed by atoms with E-state index in [-0.39, 0.29) is 0 Å². The standard InChI is InChI=1S/C15H22N4/c16-19-14-6-13(1-2-17-14)18-15-7-10-3-11(8-15)5-12(4-10)9-15/h1-2,6,10-12H,3-5,7-9,16H2,(H2,17,18,19). The van der Waals surface area contributed by atoms with Crippen LogP contribution in [0, 0.1) is 17.8 Å². The Hall–Kier alpha value is -1.29. The van der Waals surface area contributed by atoms with Gasteiger partial charge >= 0.3 is 0 Å². The first-order valence-electron chi connectivity index (χ1n) is 7.45. The number of anilines is 2. The number of nitrogens with zero attached hydrogens (tertiary/aromatic N) is 1. The maximum absolute atomic E-state index is 5.44. The lowest BCUT2D eigenvalue weighted by Crippen LogP contribution is -2.54. The van der Waals surface area contributed by atoms with E-state index in [9.17, 15) is 0 Å². The van der Waals surface area contributed by atoms with Crippen LogP contribution in [0.25, 0.3) is 0 Å². The zero-order chi connectivity index (χ0) is 12.9. The van der Waals surface area contributed by atoms with Gasteiger partial charge in [-0.25, -0.2) is 10.8 Å². The van der Waals surface area contributed by atoms with Gasteiger partial charge in [0.15, 0.2) is 0 Å². The summed E-state index contributed by atoms with van der Waals surface area (Å²) >= 11 is 0. The van der Waals surface area contributed by atoms with Crippen molar-refractivity contribution < 1.29 is 0 Å². The summed E-state index contributed by atoms with van der Waals surface area (Å²) in [4.78, 5) is 4.18. The van der Waals surface area contributed by atoms with E-state index in [4.69, 9.17) is 5.84 Å². The van der Waals surface area contributed by atoms with E-state index in [0.29, 0.717) is 5.54 Å². The van der Waals surface area contributed by atoms with Gasteiger partial charge < -0.3 is 10.7 Å². The molecule has 4 bridgehead atoms. The molecule has 4 saturated carbocycles. The van der Waals surface area contributed by atoms with Gasteiger partial charge in [0.05, 0.1) is 0 Å². The van der Waals surface area contributed by atoms with Crippen molar-refractivity contribution in [1.29, 1.82) is 0 Å². The number of nitrogens with two attached hydrogens (primary N) is 1. The van der Waals surface area contributed by atoms with Gasteiger partial charge in [0, 0.05) is 23.5 Å². The van der Waals surface area contributed by atoms with E-state index in [0.717, 1.165) is 29.3 Å². The predicted octanol–water partition coefficient (Wildman–Crippen LogP) is 2.75. The second kappa shape index (κ2) is 4.10. The molecule has 4 N–H and O–H groups in total. The van der Waals surface area contributed by atoms with Crippen LogP contribution in [0.3, 0.4) is 0 Å². The van der Waals surface area contributed by atoms with Crippen LogP contribution in [0.2, 0.25) is 0 Å². The van der Waals surface area contributed by atoms with Gasteiger partial charge in [-0.2, -0.15) is 0 Å². The van der Waals surface area contributed by atoms with Crippen LogP contribution in [-0.4, -0.2) is 10.5 Å². The molecule has 0 radical (unpaired) electrons. The molecular weight excluding hydrogens is 236 g/mol. The van der Waals surface area contributed by atoms with Crippen molar-refractivity contribution in [3.05, 3.63) is 18.3 Å². The van der Waals surface area contributed by atoms with Gasteiger partial charge in [0.1, 0.15) is 5.82 Å². The lowest BCUT2D eigenvalue weighted by atomic mass is 9.53. The summed E-state index contributed by atoms with van der Waals surface area (Å²) in [5, 5.41) is 3.83. The zero-order valence-corrected chi connectivity index (χ0v) is 11.2. The first kappa shape index (κ1) is 11.5. The van der Waals surface area contributed by atoms with E-state index in [2.05, 4.69) is 21.8 Å². The SMILES string of the molecule is NNc1cc(NC23CC4CC(CC(C4)C2)C3)ccn1. The van der Waals surface area contributed by atoms with Crippen molar-refractivity contribution in [1.82, 2.24) is 4.98 Å². The van der Waals surface area contributed by atoms with Gasteiger partial charge in [0.2, 0.25) is 0 Å². The lowest BCUT2D eigenvalue weighted by Gasteiger charge is -2.57. The molecule has 0 aliphatic heterocycles. The molecule has 0 spiro atoms. The summed E-state index contributed by atoms with van der Waals surface area (Å²) in [5.41, 5.74) is 4.13. The van der Waals surface area contributed by atoms with Crippen molar-refractivity contribution in [2.75, 3.05) is 10.7 Å². The summed E-state index contributed by atoms with van der Waals surface area (Å²) in [6, 6.07) is 4.07. The van der Waals surface area contributed by atoms with E-state index in [1.54, 1.807) is 0 Å². The van der Waals surface area contributed by atoms with Crippen LogP contribution in [0.5, 0.6) is 0 Å². The van der Waals surface area contributed by atoms with Crippen LogP contribution in [-0.2, 0) is 0 Å². The molecule has 5 rings (SSSR count). The second-order valence-corrected chi connectivity index (χ2v) is 6.90. The lowest BCUT2D eigenvalue weighted by molar-refractivity contribution is 0.0107. The number of hydrazine groups is 1. The topological polar surface area (TPSA) is 63.0 Å². The summed E-state index contributed by atoms with van der Waals surface area (Å²) < 4.78 is 0. The van der Waals surface area contributed by atoms with E-state index in [1.807, 2.05) is 12.3 Å². The molecule has 0 unspecified atom stereocenters. The molecule has 1 aromatic rings. The molecule has 0 atom stereocenters. The Morgan fingerprint density at radius 2 is 1.74 bits per heavy atom.